The zero-order valence-electron chi connectivity index (χ0n) is 23.1. The summed E-state index contributed by atoms with van der Waals surface area (Å²) in [6.45, 7) is 8.13. The van der Waals surface area contributed by atoms with Gasteiger partial charge in [-0.25, -0.2) is 14.4 Å². The molecule has 0 saturated carbocycles. The minimum absolute atomic E-state index is 0.138. The topological polar surface area (TPSA) is 116 Å². The molecule has 0 bridgehead atoms. The molecule has 11 nitrogen and oxygen atoms in total. The summed E-state index contributed by atoms with van der Waals surface area (Å²) in [5.41, 5.74) is 1.50. The number of H-pyrrole nitrogens is 1. The Morgan fingerprint density at radius 1 is 1.10 bits per heavy atom. The second kappa shape index (κ2) is 11.6. The summed E-state index contributed by atoms with van der Waals surface area (Å²) in [6.07, 6.45) is 4.48. The number of aromatic amines is 1. The van der Waals surface area contributed by atoms with E-state index in [4.69, 9.17) is 9.47 Å². The number of methoxy groups -OCH3 is 1. The Kier molecular flexibility index (Phi) is 7.99. The molecule has 3 aromatic rings. The van der Waals surface area contributed by atoms with Crippen LogP contribution in [0.3, 0.4) is 0 Å². The SMILES string of the molecule is COc1cc(=O)[nH]cc1C(=O)Nc1cc(-c2cnc(N3CCOCC3)nc2)c(F)cc1N1C[C@@H](C)N(C)[C@@H](C)C1. The Balaban J connectivity index is 1.52. The van der Waals surface area contributed by atoms with Gasteiger partial charge in [-0.1, -0.05) is 0 Å². The van der Waals surface area contributed by atoms with Crippen LogP contribution in [-0.2, 0) is 4.74 Å². The first-order valence-corrected chi connectivity index (χ1v) is 13.3. The van der Waals surface area contributed by atoms with Crippen molar-refractivity contribution in [3.05, 3.63) is 58.5 Å². The standard InChI is InChI=1S/C28H34FN7O4/c1-17-15-36(16-18(2)34(17)3)24-10-22(29)20(19-12-31-28(32-13-19)35-5-7-40-8-6-35)9-23(24)33-27(38)21-14-30-26(37)11-25(21)39-4/h9-14,17-18H,5-8,15-16H2,1-4H3,(H,30,37)(H,33,38)/t17-,18+. The fourth-order valence-corrected chi connectivity index (χ4v) is 5.12. The summed E-state index contributed by atoms with van der Waals surface area (Å²) in [6, 6.07) is 4.71. The molecule has 5 rings (SSSR count). The van der Waals surface area contributed by atoms with Crippen LogP contribution in [0, 0.1) is 5.82 Å². The third kappa shape index (κ3) is 5.63. The summed E-state index contributed by atoms with van der Waals surface area (Å²) in [7, 11) is 3.46. The molecule has 4 heterocycles. The lowest BCUT2D eigenvalue weighted by Crippen LogP contribution is -2.55. The van der Waals surface area contributed by atoms with Crippen molar-refractivity contribution >= 4 is 23.2 Å². The maximum atomic E-state index is 15.7. The Morgan fingerprint density at radius 3 is 2.42 bits per heavy atom. The fourth-order valence-electron chi connectivity index (χ4n) is 5.12. The van der Waals surface area contributed by atoms with E-state index in [1.54, 1.807) is 18.5 Å². The molecule has 2 fully saturated rings. The number of rotatable bonds is 6. The van der Waals surface area contributed by atoms with Crippen molar-refractivity contribution in [2.45, 2.75) is 25.9 Å². The maximum absolute atomic E-state index is 15.7. The number of carbonyl (C=O) groups is 1. The van der Waals surface area contributed by atoms with Crippen LogP contribution in [0.2, 0.25) is 0 Å². The third-order valence-electron chi connectivity index (χ3n) is 7.63. The Labute approximate surface area is 231 Å². The highest BCUT2D eigenvalue weighted by Crippen LogP contribution is 2.36. The van der Waals surface area contributed by atoms with Gasteiger partial charge in [0.15, 0.2) is 0 Å². The molecule has 12 heteroatoms. The molecule has 0 unspecified atom stereocenters. The molecule has 2 atom stereocenters. The van der Waals surface area contributed by atoms with Crippen LogP contribution in [0.4, 0.5) is 21.7 Å². The molecule has 0 aliphatic carbocycles. The Bertz CT molecular complexity index is 1410. The van der Waals surface area contributed by atoms with Gasteiger partial charge in [0.25, 0.3) is 11.5 Å². The summed E-state index contributed by atoms with van der Waals surface area (Å²) in [4.78, 5) is 43.0. The van der Waals surface area contributed by atoms with Crippen LogP contribution in [0.25, 0.3) is 11.1 Å². The van der Waals surface area contributed by atoms with E-state index in [0.29, 0.717) is 62.3 Å². The molecule has 1 aromatic carbocycles. The molecule has 0 radical (unpaired) electrons. The highest BCUT2D eigenvalue weighted by Gasteiger charge is 2.29. The van der Waals surface area contributed by atoms with Gasteiger partial charge in [0.2, 0.25) is 5.95 Å². The lowest BCUT2D eigenvalue weighted by Gasteiger charge is -2.44. The molecule has 2 aromatic heterocycles. The molecule has 212 valence electrons. The number of amides is 1. The van der Waals surface area contributed by atoms with E-state index < -0.39 is 11.7 Å². The van der Waals surface area contributed by atoms with E-state index in [-0.39, 0.29) is 34.5 Å². The average molecular weight is 552 g/mol. The monoisotopic (exact) mass is 551 g/mol. The first kappa shape index (κ1) is 27.5. The number of nitrogens with one attached hydrogen (secondary N) is 2. The number of halogens is 1. The number of hydrogen-bond donors (Lipinski definition) is 2. The van der Waals surface area contributed by atoms with Gasteiger partial charge in [0, 0.05) is 74.0 Å². The maximum Gasteiger partial charge on any atom is 0.260 e. The molecular weight excluding hydrogens is 517 g/mol. The van der Waals surface area contributed by atoms with E-state index in [1.807, 2.05) is 4.90 Å². The largest absolute Gasteiger partial charge is 0.496 e. The molecular formula is C28H34FN7O4. The number of pyridine rings is 1. The molecule has 2 N–H and O–H groups in total. The van der Waals surface area contributed by atoms with Crippen LogP contribution in [0.5, 0.6) is 5.75 Å². The molecule has 2 aliphatic heterocycles. The minimum Gasteiger partial charge on any atom is -0.496 e. The summed E-state index contributed by atoms with van der Waals surface area (Å²) < 4.78 is 26.4. The summed E-state index contributed by atoms with van der Waals surface area (Å²) in [5, 5.41) is 2.93. The van der Waals surface area contributed by atoms with Crippen LogP contribution in [-0.4, -0.2) is 91.4 Å². The number of nitrogens with zero attached hydrogens (tertiary/aromatic N) is 5. The van der Waals surface area contributed by atoms with Gasteiger partial charge in [-0.15, -0.1) is 0 Å². The van der Waals surface area contributed by atoms with Crippen molar-refractivity contribution in [1.82, 2.24) is 19.9 Å². The zero-order valence-corrected chi connectivity index (χ0v) is 23.1. The molecule has 2 saturated heterocycles. The lowest BCUT2D eigenvalue weighted by molar-refractivity contribution is 0.102. The van der Waals surface area contributed by atoms with Crippen molar-refractivity contribution in [2.24, 2.45) is 0 Å². The van der Waals surface area contributed by atoms with Gasteiger partial charge in [0.05, 0.1) is 37.3 Å². The second-order valence-corrected chi connectivity index (χ2v) is 10.2. The van der Waals surface area contributed by atoms with E-state index in [2.05, 4.69) is 51.0 Å². The predicted molar refractivity (Wildman–Crippen MR) is 151 cm³/mol. The highest BCUT2D eigenvalue weighted by atomic mass is 19.1. The van der Waals surface area contributed by atoms with Crippen LogP contribution in [0.15, 0.2) is 41.6 Å². The smallest absolute Gasteiger partial charge is 0.260 e. The van der Waals surface area contributed by atoms with Crippen molar-refractivity contribution < 1.29 is 18.7 Å². The first-order valence-electron chi connectivity index (χ1n) is 13.3. The zero-order chi connectivity index (χ0) is 28.4. The first-order chi connectivity index (χ1) is 19.2. The molecule has 1 amide bonds. The van der Waals surface area contributed by atoms with Crippen molar-refractivity contribution in [3.63, 3.8) is 0 Å². The second-order valence-electron chi connectivity index (χ2n) is 10.2. The van der Waals surface area contributed by atoms with E-state index in [1.165, 1.54) is 25.4 Å². The van der Waals surface area contributed by atoms with Gasteiger partial charge in [-0.2, -0.15) is 0 Å². The quantitative estimate of drug-likeness (QED) is 0.477. The number of hydrogen-bond acceptors (Lipinski definition) is 9. The minimum atomic E-state index is -0.499. The van der Waals surface area contributed by atoms with Crippen molar-refractivity contribution in [2.75, 3.05) is 68.7 Å². The fraction of sp³-hybridized carbons (Fsp3) is 0.429. The number of morpholine rings is 1. The number of ether oxygens (including phenoxy) is 2. The molecule has 40 heavy (non-hydrogen) atoms. The number of anilines is 3. The summed E-state index contributed by atoms with van der Waals surface area (Å²) in [5.74, 6) is -0.250. The number of aromatic nitrogens is 3. The average Bonchev–Trinajstić information content (AvgIpc) is 2.96. The van der Waals surface area contributed by atoms with Gasteiger partial charge in [0.1, 0.15) is 11.6 Å². The Morgan fingerprint density at radius 2 is 1.77 bits per heavy atom. The number of piperazine rings is 1. The van der Waals surface area contributed by atoms with Gasteiger partial charge in [-0.3, -0.25) is 14.5 Å². The van der Waals surface area contributed by atoms with E-state index in [0.717, 1.165) is 0 Å². The van der Waals surface area contributed by atoms with Crippen LogP contribution >= 0.6 is 0 Å². The van der Waals surface area contributed by atoms with Gasteiger partial charge >= 0.3 is 0 Å². The van der Waals surface area contributed by atoms with E-state index >= 15 is 4.39 Å². The normalized spacial score (nSPS) is 19.9. The number of benzene rings is 1. The lowest BCUT2D eigenvalue weighted by atomic mass is 10.0. The van der Waals surface area contributed by atoms with Crippen molar-refractivity contribution in [1.29, 1.82) is 0 Å². The van der Waals surface area contributed by atoms with Gasteiger partial charge < -0.3 is 29.6 Å². The van der Waals surface area contributed by atoms with E-state index in [9.17, 15) is 9.59 Å². The third-order valence-corrected chi connectivity index (χ3v) is 7.63. The van der Waals surface area contributed by atoms with Crippen molar-refractivity contribution in [3.8, 4) is 16.9 Å². The van der Waals surface area contributed by atoms with Gasteiger partial charge in [-0.05, 0) is 33.0 Å². The molecule has 0 spiro atoms. The summed E-state index contributed by atoms with van der Waals surface area (Å²) >= 11 is 0. The van der Waals surface area contributed by atoms with Crippen LogP contribution < -0.4 is 25.4 Å². The highest BCUT2D eigenvalue weighted by molar-refractivity contribution is 6.08. The number of carbonyl (C=O) groups excluding carboxylic acids is 1. The predicted octanol–water partition coefficient (Wildman–Crippen LogP) is 2.60. The number of likely N-dealkylation sites (N-methyl/N-ethyl adjacent to an activating group) is 1. The molecule has 2 aliphatic rings. The Hall–Kier alpha value is -4.03. The van der Waals surface area contributed by atoms with Crippen LogP contribution in [0.1, 0.15) is 24.2 Å².